The first-order chi connectivity index (χ1) is 8.28. The van der Waals surface area contributed by atoms with Crippen LogP contribution < -0.4 is 5.32 Å². The number of pyridine rings is 1. The summed E-state index contributed by atoms with van der Waals surface area (Å²) in [6.45, 7) is 5.67. The van der Waals surface area contributed by atoms with E-state index in [1.807, 2.05) is 0 Å². The highest BCUT2D eigenvalue weighted by atomic mass is 19.1. The van der Waals surface area contributed by atoms with Crippen LogP contribution in [0.1, 0.15) is 26.2 Å². The zero-order valence-corrected chi connectivity index (χ0v) is 10.3. The lowest BCUT2D eigenvalue weighted by Gasteiger charge is -2.19. The van der Waals surface area contributed by atoms with Crippen molar-refractivity contribution >= 4 is 5.69 Å². The summed E-state index contributed by atoms with van der Waals surface area (Å²) in [5.74, 6) is -0.423. The fraction of sp³-hybridized carbons (Fsp3) is 0.615. The lowest BCUT2D eigenvalue weighted by atomic mass is 10.1. The molecule has 1 atom stereocenters. The maximum absolute atomic E-state index is 12.7. The molecule has 1 N–H and O–H groups in total. The summed E-state index contributed by atoms with van der Waals surface area (Å²) in [5.41, 5.74) is 0.918. The third-order valence-electron chi connectivity index (χ3n) is 3.37. The van der Waals surface area contributed by atoms with Gasteiger partial charge in [0.1, 0.15) is 0 Å². The lowest BCUT2D eigenvalue weighted by molar-refractivity contribution is 0.300. The molecule has 4 heteroatoms. The van der Waals surface area contributed by atoms with Gasteiger partial charge in [-0.15, -0.1) is 0 Å². The number of nitrogens with one attached hydrogen (secondary N) is 1. The first-order valence-electron chi connectivity index (χ1n) is 6.38. The fourth-order valence-electron chi connectivity index (χ4n) is 2.31. The third kappa shape index (κ3) is 3.66. The maximum Gasteiger partial charge on any atom is 0.212 e. The van der Waals surface area contributed by atoms with Crippen molar-refractivity contribution in [2.75, 3.05) is 25.0 Å². The van der Waals surface area contributed by atoms with Crippen LogP contribution in [0.5, 0.6) is 0 Å². The van der Waals surface area contributed by atoms with E-state index < -0.39 is 5.95 Å². The normalized spacial score (nSPS) is 22.1. The zero-order chi connectivity index (χ0) is 12.1. The third-order valence-corrected chi connectivity index (χ3v) is 3.37. The Bertz CT molecular complexity index is 339. The Morgan fingerprint density at radius 2 is 2.29 bits per heavy atom. The van der Waals surface area contributed by atoms with E-state index in [1.165, 1.54) is 25.5 Å². The second-order valence-electron chi connectivity index (χ2n) is 4.58. The Kier molecular flexibility index (Phi) is 4.31. The summed E-state index contributed by atoms with van der Waals surface area (Å²) >= 11 is 0. The average molecular weight is 237 g/mol. The molecule has 1 saturated heterocycles. The van der Waals surface area contributed by atoms with Crippen molar-refractivity contribution in [2.24, 2.45) is 0 Å². The van der Waals surface area contributed by atoms with Gasteiger partial charge in [-0.25, -0.2) is 4.98 Å². The first kappa shape index (κ1) is 12.3. The quantitative estimate of drug-likeness (QED) is 0.819. The Labute approximate surface area is 102 Å². The van der Waals surface area contributed by atoms with Crippen LogP contribution in [-0.4, -0.2) is 35.6 Å². The molecule has 3 nitrogen and oxygen atoms in total. The van der Waals surface area contributed by atoms with Crippen molar-refractivity contribution in [1.82, 2.24) is 9.88 Å². The van der Waals surface area contributed by atoms with Crippen molar-refractivity contribution in [3.8, 4) is 0 Å². The molecule has 2 rings (SSSR count). The van der Waals surface area contributed by atoms with Gasteiger partial charge in [-0.1, -0.05) is 6.92 Å². The molecule has 1 aliphatic rings. The van der Waals surface area contributed by atoms with E-state index in [9.17, 15) is 4.39 Å². The smallest absolute Gasteiger partial charge is 0.212 e. The van der Waals surface area contributed by atoms with Crippen LogP contribution in [0.15, 0.2) is 18.3 Å². The molecule has 2 heterocycles. The predicted molar refractivity (Wildman–Crippen MR) is 67.6 cm³/mol. The van der Waals surface area contributed by atoms with Crippen molar-refractivity contribution in [3.05, 3.63) is 24.3 Å². The minimum absolute atomic E-state index is 0.423. The highest BCUT2D eigenvalue weighted by Gasteiger charge is 2.15. The largest absolute Gasteiger partial charge is 0.381 e. The molecule has 1 aromatic rings. The van der Waals surface area contributed by atoms with E-state index in [-0.39, 0.29) is 0 Å². The molecule has 1 aromatic heterocycles. The van der Waals surface area contributed by atoms with Crippen LogP contribution in [-0.2, 0) is 0 Å². The SMILES string of the molecule is CCN1CCCC(Nc2ccc(F)nc2)CC1. The zero-order valence-electron chi connectivity index (χ0n) is 10.3. The molecule has 1 aliphatic heterocycles. The summed E-state index contributed by atoms with van der Waals surface area (Å²) in [7, 11) is 0. The van der Waals surface area contributed by atoms with Crippen molar-refractivity contribution < 1.29 is 4.39 Å². The number of nitrogens with zero attached hydrogens (tertiary/aromatic N) is 2. The number of rotatable bonds is 3. The monoisotopic (exact) mass is 237 g/mol. The number of hydrogen-bond donors (Lipinski definition) is 1. The van der Waals surface area contributed by atoms with Gasteiger partial charge in [0.15, 0.2) is 0 Å². The highest BCUT2D eigenvalue weighted by Crippen LogP contribution is 2.16. The van der Waals surface area contributed by atoms with Crippen molar-refractivity contribution in [2.45, 2.75) is 32.2 Å². The van der Waals surface area contributed by atoms with Crippen LogP contribution in [0.25, 0.3) is 0 Å². The fourth-order valence-corrected chi connectivity index (χ4v) is 2.31. The molecule has 94 valence electrons. The van der Waals surface area contributed by atoms with E-state index in [0.29, 0.717) is 6.04 Å². The molecule has 17 heavy (non-hydrogen) atoms. The van der Waals surface area contributed by atoms with Crippen LogP contribution in [0.3, 0.4) is 0 Å². The molecule has 0 bridgehead atoms. The molecule has 1 unspecified atom stereocenters. The second-order valence-corrected chi connectivity index (χ2v) is 4.58. The topological polar surface area (TPSA) is 28.2 Å². The summed E-state index contributed by atoms with van der Waals surface area (Å²) in [5, 5.41) is 3.44. The Hall–Kier alpha value is -1.16. The Balaban J connectivity index is 1.88. The molecular weight excluding hydrogens is 217 g/mol. The van der Waals surface area contributed by atoms with E-state index in [0.717, 1.165) is 25.2 Å². The van der Waals surface area contributed by atoms with Gasteiger partial charge in [0.25, 0.3) is 0 Å². The van der Waals surface area contributed by atoms with E-state index in [1.54, 1.807) is 12.3 Å². The summed E-state index contributed by atoms with van der Waals surface area (Å²) in [6.07, 6.45) is 5.11. The van der Waals surface area contributed by atoms with Gasteiger partial charge in [0.2, 0.25) is 5.95 Å². The highest BCUT2D eigenvalue weighted by molar-refractivity contribution is 5.40. The van der Waals surface area contributed by atoms with Crippen LogP contribution in [0, 0.1) is 5.95 Å². The molecule has 0 aromatic carbocycles. The number of aromatic nitrogens is 1. The predicted octanol–water partition coefficient (Wildman–Crippen LogP) is 2.51. The van der Waals surface area contributed by atoms with Gasteiger partial charge in [-0.2, -0.15) is 4.39 Å². The van der Waals surface area contributed by atoms with Gasteiger partial charge in [0, 0.05) is 12.6 Å². The van der Waals surface area contributed by atoms with Gasteiger partial charge in [-0.3, -0.25) is 0 Å². The van der Waals surface area contributed by atoms with Crippen molar-refractivity contribution in [3.63, 3.8) is 0 Å². The molecular formula is C13H20FN3. The Morgan fingerprint density at radius 3 is 3.00 bits per heavy atom. The van der Waals surface area contributed by atoms with E-state index >= 15 is 0 Å². The van der Waals surface area contributed by atoms with Crippen LogP contribution in [0.4, 0.5) is 10.1 Å². The summed E-state index contributed by atoms with van der Waals surface area (Å²) in [6, 6.07) is 3.64. The van der Waals surface area contributed by atoms with Crippen molar-refractivity contribution in [1.29, 1.82) is 0 Å². The second kappa shape index (κ2) is 5.96. The lowest BCUT2D eigenvalue weighted by Crippen LogP contribution is -2.26. The van der Waals surface area contributed by atoms with E-state index in [4.69, 9.17) is 0 Å². The Morgan fingerprint density at radius 1 is 1.41 bits per heavy atom. The minimum Gasteiger partial charge on any atom is -0.381 e. The van der Waals surface area contributed by atoms with Gasteiger partial charge < -0.3 is 10.2 Å². The maximum atomic E-state index is 12.7. The standard InChI is InChI=1S/C13H20FN3/c1-2-17-8-3-4-11(7-9-17)16-12-5-6-13(14)15-10-12/h5-6,10-11,16H,2-4,7-9H2,1H3. The molecule has 1 fully saturated rings. The first-order valence-corrected chi connectivity index (χ1v) is 6.38. The van der Waals surface area contributed by atoms with Gasteiger partial charge >= 0.3 is 0 Å². The van der Waals surface area contributed by atoms with Gasteiger partial charge in [0.05, 0.1) is 11.9 Å². The molecule has 0 aliphatic carbocycles. The number of likely N-dealkylation sites (tertiary alicyclic amines) is 1. The minimum atomic E-state index is -0.423. The molecule has 0 saturated carbocycles. The number of anilines is 1. The average Bonchev–Trinajstić information content (AvgIpc) is 2.57. The summed E-state index contributed by atoms with van der Waals surface area (Å²) in [4.78, 5) is 6.14. The van der Waals surface area contributed by atoms with Crippen LogP contribution in [0.2, 0.25) is 0 Å². The molecule has 0 amide bonds. The number of halogens is 1. The molecule has 0 spiro atoms. The van der Waals surface area contributed by atoms with E-state index in [2.05, 4.69) is 22.1 Å². The van der Waals surface area contributed by atoms with Crippen LogP contribution >= 0.6 is 0 Å². The molecule has 0 radical (unpaired) electrons. The summed E-state index contributed by atoms with van der Waals surface area (Å²) < 4.78 is 12.7. The number of hydrogen-bond acceptors (Lipinski definition) is 3. The van der Waals surface area contributed by atoms with Gasteiger partial charge in [-0.05, 0) is 44.5 Å².